The van der Waals surface area contributed by atoms with Crippen LogP contribution in [-0.2, 0) is 11.3 Å². The highest BCUT2D eigenvalue weighted by molar-refractivity contribution is 8.00. The first-order valence-electron chi connectivity index (χ1n) is 10.6. The Labute approximate surface area is 203 Å². The molecule has 0 spiro atoms. The van der Waals surface area contributed by atoms with Gasteiger partial charge in [0.15, 0.2) is 0 Å². The van der Waals surface area contributed by atoms with E-state index in [-0.39, 0.29) is 23.2 Å². The summed E-state index contributed by atoms with van der Waals surface area (Å²) in [5.74, 6) is 1.19. The highest BCUT2D eigenvalue weighted by Gasteiger charge is 2.32. The van der Waals surface area contributed by atoms with Gasteiger partial charge in [0.1, 0.15) is 11.1 Å². The highest BCUT2D eigenvalue weighted by atomic mass is 35.5. The maximum absolute atomic E-state index is 12.8. The third kappa shape index (κ3) is 5.52. The van der Waals surface area contributed by atoms with E-state index in [1.54, 1.807) is 18.9 Å². The topological polar surface area (TPSA) is 58.6 Å². The van der Waals surface area contributed by atoms with Gasteiger partial charge in [0.2, 0.25) is 5.91 Å². The number of hydrogen-bond donors (Lipinski definition) is 1. The van der Waals surface area contributed by atoms with Crippen molar-refractivity contribution in [1.82, 2.24) is 10.2 Å². The molecule has 4 rings (SSSR count). The van der Waals surface area contributed by atoms with Gasteiger partial charge in [-0.1, -0.05) is 48.0 Å². The molecule has 33 heavy (non-hydrogen) atoms. The molecule has 1 aliphatic rings. The Morgan fingerprint density at radius 1 is 1.09 bits per heavy atom. The van der Waals surface area contributed by atoms with E-state index in [0.29, 0.717) is 22.9 Å². The molecule has 170 valence electrons. The zero-order valence-electron chi connectivity index (χ0n) is 18.5. The minimum atomic E-state index is -0.141. The van der Waals surface area contributed by atoms with Gasteiger partial charge in [-0.3, -0.25) is 9.59 Å². The van der Waals surface area contributed by atoms with E-state index in [1.807, 2.05) is 84.6 Å². The second kappa shape index (κ2) is 10.3. The lowest BCUT2D eigenvalue weighted by molar-refractivity contribution is -0.128. The molecular weight excluding hydrogens is 456 g/mol. The van der Waals surface area contributed by atoms with Crippen LogP contribution in [0.2, 0.25) is 5.02 Å². The molecule has 7 heteroatoms. The van der Waals surface area contributed by atoms with E-state index in [4.69, 9.17) is 16.3 Å². The average molecular weight is 481 g/mol. The molecule has 0 aromatic heterocycles. The molecule has 1 saturated heterocycles. The lowest BCUT2D eigenvalue weighted by atomic mass is 10.1. The number of amides is 2. The molecule has 0 saturated carbocycles. The van der Waals surface area contributed by atoms with Crippen LogP contribution in [0.4, 0.5) is 0 Å². The number of carbonyl (C=O) groups is 2. The number of rotatable bonds is 7. The standard InChI is InChI=1S/C26H25ClN2O3S/c1-17(19-9-13-23(32-2)14-10-19)28-25(31)20-5-7-21(8-6-20)26-29(24(30)16-33-26)15-18-3-11-22(27)12-4-18/h3-14,17,26H,15-16H2,1-2H3,(H,28,31)/t17-,26+/m0/s1. The van der Waals surface area contributed by atoms with Gasteiger partial charge in [-0.25, -0.2) is 0 Å². The Morgan fingerprint density at radius 3 is 2.39 bits per heavy atom. The lowest BCUT2D eigenvalue weighted by Crippen LogP contribution is -2.28. The van der Waals surface area contributed by atoms with E-state index < -0.39 is 0 Å². The molecule has 2 amide bonds. The van der Waals surface area contributed by atoms with E-state index in [9.17, 15) is 9.59 Å². The average Bonchev–Trinajstić information content (AvgIpc) is 3.20. The molecular formula is C26H25ClN2O3S. The van der Waals surface area contributed by atoms with Crippen LogP contribution in [0, 0.1) is 0 Å². The second-order valence-electron chi connectivity index (χ2n) is 7.90. The van der Waals surface area contributed by atoms with Crippen molar-refractivity contribution in [2.75, 3.05) is 12.9 Å². The lowest BCUT2D eigenvalue weighted by Gasteiger charge is -2.24. The molecule has 2 atom stereocenters. The summed E-state index contributed by atoms with van der Waals surface area (Å²) >= 11 is 7.58. The first-order valence-corrected chi connectivity index (χ1v) is 12.1. The number of methoxy groups -OCH3 is 1. The van der Waals surface area contributed by atoms with Gasteiger partial charge in [-0.2, -0.15) is 0 Å². The Bertz CT molecular complexity index is 1120. The van der Waals surface area contributed by atoms with Crippen molar-refractivity contribution in [3.05, 3.63) is 100 Å². The zero-order chi connectivity index (χ0) is 23.4. The fourth-order valence-corrected chi connectivity index (χ4v) is 5.06. The van der Waals surface area contributed by atoms with E-state index in [0.717, 1.165) is 22.4 Å². The highest BCUT2D eigenvalue weighted by Crippen LogP contribution is 2.39. The zero-order valence-corrected chi connectivity index (χ0v) is 20.0. The van der Waals surface area contributed by atoms with Crippen molar-refractivity contribution < 1.29 is 14.3 Å². The maximum atomic E-state index is 12.8. The van der Waals surface area contributed by atoms with Crippen LogP contribution in [0.3, 0.4) is 0 Å². The summed E-state index contributed by atoms with van der Waals surface area (Å²) in [6, 6.07) is 22.5. The Balaban J connectivity index is 1.42. The van der Waals surface area contributed by atoms with E-state index in [2.05, 4.69) is 5.32 Å². The van der Waals surface area contributed by atoms with Crippen molar-refractivity contribution in [1.29, 1.82) is 0 Å². The molecule has 3 aromatic rings. The maximum Gasteiger partial charge on any atom is 0.251 e. The van der Waals surface area contributed by atoms with Crippen molar-refractivity contribution in [3.8, 4) is 5.75 Å². The largest absolute Gasteiger partial charge is 0.497 e. The van der Waals surface area contributed by atoms with Crippen LogP contribution < -0.4 is 10.1 Å². The SMILES string of the molecule is COc1ccc([C@H](C)NC(=O)c2ccc([C@H]3SCC(=O)N3Cc3ccc(Cl)cc3)cc2)cc1. The normalized spacial score (nSPS) is 16.5. The van der Waals surface area contributed by atoms with Crippen molar-refractivity contribution in [2.45, 2.75) is 24.9 Å². The summed E-state index contributed by atoms with van der Waals surface area (Å²) in [4.78, 5) is 27.1. The number of thioether (sulfide) groups is 1. The number of nitrogens with zero attached hydrogens (tertiary/aromatic N) is 1. The van der Waals surface area contributed by atoms with Crippen molar-refractivity contribution in [3.63, 3.8) is 0 Å². The molecule has 1 heterocycles. The van der Waals surface area contributed by atoms with E-state index in [1.165, 1.54) is 0 Å². The Hall–Kier alpha value is -2.96. The predicted octanol–water partition coefficient (Wildman–Crippen LogP) is 5.61. The number of carbonyl (C=O) groups excluding carboxylic acids is 2. The summed E-state index contributed by atoms with van der Waals surface area (Å²) in [5.41, 5.74) is 3.61. The minimum Gasteiger partial charge on any atom is -0.497 e. The smallest absolute Gasteiger partial charge is 0.251 e. The fourth-order valence-electron chi connectivity index (χ4n) is 3.74. The summed E-state index contributed by atoms with van der Waals surface area (Å²) in [7, 11) is 1.63. The molecule has 1 fully saturated rings. The number of halogens is 1. The van der Waals surface area contributed by atoms with E-state index >= 15 is 0 Å². The van der Waals surface area contributed by atoms with Crippen LogP contribution in [0.1, 0.15) is 45.4 Å². The van der Waals surface area contributed by atoms with Gasteiger partial charge < -0.3 is 15.0 Å². The second-order valence-corrected chi connectivity index (χ2v) is 9.41. The molecule has 0 unspecified atom stereocenters. The number of hydrogen-bond acceptors (Lipinski definition) is 4. The Morgan fingerprint density at radius 2 is 1.76 bits per heavy atom. The molecule has 0 radical (unpaired) electrons. The first kappa shape index (κ1) is 23.2. The molecule has 1 N–H and O–H groups in total. The van der Waals surface area contributed by atoms with Gasteiger partial charge in [0, 0.05) is 17.1 Å². The van der Waals surface area contributed by atoms with Gasteiger partial charge >= 0.3 is 0 Å². The van der Waals surface area contributed by atoms with Gasteiger partial charge in [-0.15, -0.1) is 11.8 Å². The van der Waals surface area contributed by atoms with Crippen LogP contribution in [-0.4, -0.2) is 29.6 Å². The van der Waals surface area contributed by atoms with Gasteiger partial charge in [0.25, 0.3) is 5.91 Å². The van der Waals surface area contributed by atoms with Crippen LogP contribution in [0.25, 0.3) is 0 Å². The summed E-state index contributed by atoms with van der Waals surface area (Å²) in [5, 5.41) is 3.63. The minimum absolute atomic E-state index is 0.0801. The molecule has 3 aromatic carbocycles. The molecule has 0 aliphatic carbocycles. The molecule has 0 bridgehead atoms. The third-order valence-electron chi connectivity index (χ3n) is 5.66. The number of nitrogens with one attached hydrogen (secondary N) is 1. The van der Waals surface area contributed by atoms with Crippen molar-refractivity contribution >= 4 is 35.2 Å². The summed E-state index contributed by atoms with van der Waals surface area (Å²) in [6.45, 7) is 2.47. The van der Waals surface area contributed by atoms with Gasteiger partial charge in [-0.05, 0) is 60.0 Å². The van der Waals surface area contributed by atoms with Crippen LogP contribution in [0.5, 0.6) is 5.75 Å². The molecule has 1 aliphatic heterocycles. The van der Waals surface area contributed by atoms with Crippen LogP contribution in [0.15, 0.2) is 72.8 Å². The third-order valence-corrected chi connectivity index (χ3v) is 7.16. The predicted molar refractivity (Wildman–Crippen MR) is 133 cm³/mol. The summed E-state index contributed by atoms with van der Waals surface area (Å²) in [6.07, 6.45) is 0. The Kier molecular flexibility index (Phi) is 7.26. The first-order chi connectivity index (χ1) is 15.9. The van der Waals surface area contributed by atoms with Crippen LogP contribution >= 0.6 is 23.4 Å². The number of benzene rings is 3. The summed E-state index contributed by atoms with van der Waals surface area (Å²) < 4.78 is 5.19. The number of ether oxygens (including phenoxy) is 1. The van der Waals surface area contributed by atoms with Gasteiger partial charge in [0.05, 0.1) is 18.9 Å². The molecule has 5 nitrogen and oxygen atoms in total. The quantitative estimate of drug-likeness (QED) is 0.477. The van der Waals surface area contributed by atoms with Crippen molar-refractivity contribution in [2.24, 2.45) is 0 Å². The fraction of sp³-hybridized carbons (Fsp3) is 0.231. The monoisotopic (exact) mass is 480 g/mol.